The van der Waals surface area contributed by atoms with Crippen LogP contribution in [0.2, 0.25) is 0 Å². The van der Waals surface area contributed by atoms with E-state index in [-0.39, 0.29) is 0 Å². The van der Waals surface area contributed by atoms with Gasteiger partial charge in [-0.15, -0.1) is 11.3 Å². The molecule has 10 aromatic rings. The van der Waals surface area contributed by atoms with E-state index >= 15 is 0 Å². The van der Waals surface area contributed by atoms with Crippen LogP contribution in [0.1, 0.15) is 0 Å². The highest BCUT2D eigenvalue weighted by molar-refractivity contribution is 7.21. The first-order valence-corrected chi connectivity index (χ1v) is 18.3. The largest absolute Gasteiger partial charge is 0.236 e. The third kappa shape index (κ3) is 4.24. The summed E-state index contributed by atoms with van der Waals surface area (Å²) in [6.45, 7) is 0. The number of fused-ring (bicyclic) bond motifs is 8. The molecule has 0 N–H and O–H groups in total. The highest BCUT2D eigenvalue weighted by Gasteiger charge is 2.24. The molecule has 11 rings (SSSR count). The van der Waals surface area contributed by atoms with E-state index in [2.05, 4.69) is 176 Å². The van der Waals surface area contributed by atoms with E-state index in [1.807, 2.05) is 0 Å². The van der Waals surface area contributed by atoms with Crippen molar-refractivity contribution < 1.29 is 0 Å². The average Bonchev–Trinajstić information content (AvgIpc) is 3.59. The second kappa shape index (κ2) is 11.1. The Labute approximate surface area is 299 Å². The van der Waals surface area contributed by atoms with Crippen LogP contribution in [0.3, 0.4) is 0 Å². The zero-order valence-corrected chi connectivity index (χ0v) is 28.4. The van der Waals surface area contributed by atoms with E-state index in [0.717, 1.165) is 16.1 Å². The lowest BCUT2D eigenvalue weighted by molar-refractivity contribution is 1.48. The first kappa shape index (κ1) is 28.5. The van der Waals surface area contributed by atoms with E-state index in [1.54, 1.807) is 11.3 Å². The lowest BCUT2D eigenvalue weighted by atomic mass is 9.83. The summed E-state index contributed by atoms with van der Waals surface area (Å²) < 4.78 is 1.20. The molecule has 1 aliphatic carbocycles. The van der Waals surface area contributed by atoms with Gasteiger partial charge < -0.3 is 0 Å². The predicted octanol–water partition coefficient (Wildman–Crippen LogP) is 14.1. The molecule has 51 heavy (non-hydrogen) atoms. The van der Waals surface area contributed by atoms with Gasteiger partial charge in [0.1, 0.15) is 5.01 Å². The predicted molar refractivity (Wildman–Crippen MR) is 218 cm³/mol. The van der Waals surface area contributed by atoms with Crippen LogP contribution in [-0.2, 0) is 0 Å². The van der Waals surface area contributed by atoms with Crippen LogP contribution in [-0.4, -0.2) is 4.98 Å². The van der Waals surface area contributed by atoms with Crippen molar-refractivity contribution in [3.8, 4) is 66.2 Å². The summed E-state index contributed by atoms with van der Waals surface area (Å²) in [6.07, 6.45) is 0. The van der Waals surface area contributed by atoms with E-state index in [4.69, 9.17) is 4.98 Å². The number of aromatic nitrogens is 1. The molecule has 1 heterocycles. The SMILES string of the molecule is c1ccc(-c2nc3cc(-c4c5ccccc5c(-c5ccc6c7c(cccc57)-c5ccccc5-c5ccccc5-6)c5ccccc45)ccc3s2)cc1. The molecule has 1 aromatic heterocycles. The van der Waals surface area contributed by atoms with Gasteiger partial charge in [-0.25, -0.2) is 4.98 Å². The fourth-order valence-corrected chi connectivity index (χ4v) is 9.45. The van der Waals surface area contributed by atoms with Gasteiger partial charge in [-0.1, -0.05) is 164 Å². The van der Waals surface area contributed by atoms with Crippen molar-refractivity contribution in [3.05, 3.63) is 176 Å². The van der Waals surface area contributed by atoms with Crippen molar-refractivity contribution in [2.75, 3.05) is 0 Å². The number of nitrogens with zero attached hydrogens (tertiary/aromatic N) is 1. The zero-order chi connectivity index (χ0) is 33.5. The monoisotopic (exact) mass is 663 g/mol. The van der Waals surface area contributed by atoms with Gasteiger partial charge >= 0.3 is 0 Å². The molecule has 0 aliphatic heterocycles. The van der Waals surface area contributed by atoms with Crippen molar-refractivity contribution >= 4 is 53.9 Å². The molecule has 0 atom stereocenters. The van der Waals surface area contributed by atoms with E-state index in [9.17, 15) is 0 Å². The van der Waals surface area contributed by atoms with E-state index in [1.165, 1.54) is 92.7 Å². The van der Waals surface area contributed by atoms with Gasteiger partial charge in [0.25, 0.3) is 0 Å². The zero-order valence-electron chi connectivity index (χ0n) is 27.6. The van der Waals surface area contributed by atoms with Crippen LogP contribution in [0.4, 0.5) is 0 Å². The Kier molecular flexibility index (Phi) is 6.19. The summed E-state index contributed by atoms with van der Waals surface area (Å²) in [7, 11) is 0. The molecule has 0 unspecified atom stereocenters. The maximum atomic E-state index is 5.12. The van der Waals surface area contributed by atoms with Crippen LogP contribution in [0.25, 0.3) is 109 Å². The summed E-state index contributed by atoms with van der Waals surface area (Å²) in [5.74, 6) is 0. The lowest BCUT2D eigenvalue weighted by Crippen LogP contribution is -1.93. The molecule has 0 saturated carbocycles. The Morgan fingerprint density at radius 1 is 0.333 bits per heavy atom. The van der Waals surface area contributed by atoms with Gasteiger partial charge in [-0.05, 0) is 100 Å². The van der Waals surface area contributed by atoms with Gasteiger partial charge in [0, 0.05) is 5.56 Å². The number of thiazole rings is 1. The Bertz CT molecular complexity index is 2910. The molecule has 0 spiro atoms. The van der Waals surface area contributed by atoms with Crippen molar-refractivity contribution in [2.45, 2.75) is 0 Å². The van der Waals surface area contributed by atoms with Crippen LogP contribution < -0.4 is 0 Å². The molecule has 9 aromatic carbocycles. The number of rotatable bonds is 3. The van der Waals surface area contributed by atoms with Crippen LogP contribution in [0.15, 0.2) is 176 Å². The highest BCUT2D eigenvalue weighted by atomic mass is 32.1. The fourth-order valence-electron chi connectivity index (χ4n) is 8.50. The second-order valence-corrected chi connectivity index (χ2v) is 14.4. The second-order valence-electron chi connectivity index (χ2n) is 13.4. The van der Waals surface area contributed by atoms with Gasteiger partial charge in [0.2, 0.25) is 0 Å². The number of hydrogen-bond acceptors (Lipinski definition) is 2. The Balaban J connectivity index is 1.20. The Morgan fingerprint density at radius 2 is 0.824 bits per heavy atom. The van der Waals surface area contributed by atoms with Crippen LogP contribution >= 0.6 is 11.3 Å². The molecular formula is C49H29NS. The Hall–Kier alpha value is -6.35. The minimum Gasteiger partial charge on any atom is -0.236 e. The molecule has 0 amide bonds. The molecular weight excluding hydrogens is 635 g/mol. The van der Waals surface area contributed by atoms with Crippen molar-refractivity contribution in [1.82, 2.24) is 4.98 Å². The summed E-state index contributed by atoms with van der Waals surface area (Å²) >= 11 is 1.75. The smallest absolute Gasteiger partial charge is 0.124 e. The van der Waals surface area contributed by atoms with Gasteiger partial charge in [-0.3, -0.25) is 0 Å². The fraction of sp³-hybridized carbons (Fsp3) is 0. The number of hydrogen-bond donors (Lipinski definition) is 0. The third-order valence-electron chi connectivity index (χ3n) is 10.7. The quantitative estimate of drug-likeness (QED) is 0.171. The molecule has 0 fully saturated rings. The van der Waals surface area contributed by atoms with Crippen LogP contribution in [0.5, 0.6) is 0 Å². The molecule has 1 nitrogen and oxygen atoms in total. The summed E-state index contributed by atoms with van der Waals surface area (Å²) in [5, 5.41) is 8.64. The average molecular weight is 664 g/mol. The molecule has 236 valence electrons. The first-order valence-electron chi connectivity index (χ1n) is 17.5. The lowest BCUT2D eigenvalue weighted by Gasteiger charge is -2.20. The van der Waals surface area contributed by atoms with Crippen LogP contribution in [0, 0.1) is 0 Å². The summed E-state index contributed by atoms with van der Waals surface area (Å²) in [6, 6.07) is 64.6. The summed E-state index contributed by atoms with van der Waals surface area (Å²) in [5.41, 5.74) is 14.9. The Morgan fingerprint density at radius 3 is 1.47 bits per heavy atom. The third-order valence-corrected chi connectivity index (χ3v) is 11.7. The summed E-state index contributed by atoms with van der Waals surface area (Å²) in [4.78, 5) is 5.12. The standard InChI is InChI=1S/C49H29NS/c1-2-13-30(14-3-1)49-50-44-29-31(25-28-45(44)51-49)46-37-19-8-10-21-39(37)48(40-22-11-9-20-38(40)46)43-27-26-42-35-18-7-5-16-33(35)32-15-4-6-17-34(32)36-23-12-24-41(43)47(36)42/h1-29H. The van der Waals surface area contributed by atoms with Gasteiger partial charge in [0.05, 0.1) is 10.2 Å². The maximum absolute atomic E-state index is 5.12. The maximum Gasteiger partial charge on any atom is 0.124 e. The minimum atomic E-state index is 1.04. The van der Waals surface area contributed by atoms with E-state index < -0.39 is 0 Å². The molecule has 0 saturated heterocycles. The normalized spacial score (nSPS) is 11.9. The van der Waals surface area contributed by atoms with Gasteiger partial charge in [0.15, 0.2) is 0 Å². The van der Waals surface area contributed by atoms with Gasteiger partial charge in [-0.2, -0.15) is 0 Å². The first-order chi connectivity index (χ1) is 25.3. The van der Waals surface area contributed by atoms with Crippen molar-refractivity contribution in [3.63, 3.8) is 0 Å². The highest BCUT2D eigenvalue weighted by Crippen LogP contribution is 2.51. The molecule has 0 radical (unpaired) electrons. The molecule has 0 bridgehead atoms. The molecule has 2 heteroatoms. The number of benzene rings is 9. The topological polar surface area (TPSA) is 12.9 Å². The van der Waals surface area contributed by atoms with E-state index in [0.29, 0.717) is 0 Å². The van der Waals surface area contributed by atoms with Crippen molar-refractivity contribution in [2.24, 2.45) is 0 Å². The molecule has 1 aliphatic rings. The minimum absolute atomic E-state index is 1.04. The van der Waals surface area contributed by atoms with Crippen molar-refractivity contribution in [1.29, 1.82) is 0 Å².